The van der Waals surface area contributed by atoms with Crippen LogP contribution in [0.2, 0.25) is 0 Å². The van der Waals surface area contributed by atoms with Gasteiger partial charge in [-0.2, -0.15) is 40.2 Å². The highest BCUT2D eigenvalue weighted by atomic mass is 31.2. The van der Waals surface area contributed by atoms with Crippen LogP contribution in [0.15, 0.2) is 73.2 Å². The Balaban J connectivity index is 1.16. The average molecular weight is 1600 g/mol. The van der Waals surface area contributed by atoms with Crippen molar-refractivity contribution >= 4 is 55.6 Å². The Bertz CT molecular complexity index is 4330. The molecule has 111 heavy (non-hydrogen) atoms. The molecule has 0 aliphatic carbocycles. The number of phosphoric ester groups is 1. The van der Waals surface area contributed by atoms with E-state index in [4.69, 9.17) is 18.7 Å². The Kier molecular flexibility index (Phi) is 26.5. The predicted octanol–water partition coefficient (Wildman–Crippen LogP) is 7.82. The number of carbonyl (C=O) groups excluding carboxylic acids is 6. The van der Waals surface area contributed by atoms with E-state index < -0.39 is 188 Å². The largest absolute Gasteiger partial charge is 0.524 e. The number of piperazine rings is 1. The number of aromatic nitrogens is 4. The minimum atomic E-state index is -5.60. The lowest BCUT2D eigenvalue weighted by Crippen LogP contribution is -2.64. The molecule has 0 spiro atoms. The monoisotopic (exact) mass is 1600 g/mol. The maximum atomic E-state index is 16.9. The first-order valence-electron chi connectivity index (χ1n) is 34.6. The number of phosphoric acid groups is 1. The first-order chi connectivity index (χ1) is 51.9. The number of fused-ring (bicyclic) bond motifs is 2. The summed E-state index contributed by atoms with van der Waals surface area (Å²) in [4.78, 5) is 132. The SMILES string of the molecule is COC(=O)N[C@H](C(=O)N[C@@H](Cc1ccc(C#Cc2cnc(N3CC4CCC(C3)N4C3COC3)nc2)cc1)[C@H](CN(Cc1c(F)cc(-c2ccn(C(F)F)n2)cc1F)NC(=O)[C@@H](NC(=O)OC)C(C)(C)C(F)(F)F)OC(=O)CC(C)(C)c1c(CC(=O)N[C@@H]2OCC[C@H]2C(=O)O)cc(C)cc1OP(=O)(O)O)C(C)(C)C(F)(F)F. The molecule has 8 N–H and O–H groups in total. The fourth-order valence-electron chi connectivity index (χ4n) is 13.6. The summed E-state index contributed by atoms with van der Waals surface area (Å²) in [6, 6.07) is 3.64. The van der Waals surface area contributed by atoms with Crippen molar-refractivity contribution in [1.29, 1.82) is 0 Å². The Morgan fingerprint density at radius 2 is 1.34 bits per heavy atom. The average Bonchev–Trinajstić information content (AvgIpc) is 1.72. The van der Waals surface area contributed by atoms with Crippen molar-refractivity contribution in [2.75, 3.05) is 58.6 Å². The van der Waals surface area contributed by atoms with Gasteiger partial charge in [0.15, 0.2) is 0 Å². The molecule has 2 aromatic heterocycles. The summed E-state index contributed by atoms with van der Waals surface area (Å²) in [7, 11) is -4.12. The molecule has 29 nitrogen and oxygen atoms in total. The van der Waals surface area contributed by atoms with E-state index in [2.05, 4.69) is 62.2 Å². The highest BCUT2D eigenvalue weighted by molar-refractivity contribution is 7.46. The molecule has 4 fully saturated rings. The number of aliphatic carboxylic acids is 1. The number of carboxylic acid groups (broad SMARTS) is 1. The molecule has 5 aromatic rings. The van der Waals surface area contributed by atoms with Crippen LogP contribution in [0.25, 0.3) is 11.3 Å². The zero-order chi connectivity index (χ0) is 81.6. The molecule has 2 unspecified atom stereocenters. The van der Waals surface area contributed by atoms with Crippen molar-refractivity contribution in [2.45, 2.75) is 166 Å². The summed E-state index contributed by atoms with van der Waals surface area (Å²) >= 11 is 0. The second-order valence-electron chi connectivity index (χ2n) is 29.0. The number of carboxylic acids is 1. The van der Waals surface area contributed by atoms with E-state index in [0.717, 1.165) is 45.4 Å². The van der Waals surface area contributed by atoms with E-state index in [9.17, 15) is 52.2 Å². The topological polar surface area (TPSA) is 366 Å². The maximum absolute atomic E-state index is 16.9. The van der Waals surface area contributed by atoms with Gasteiger partial charge in [-0.1, -0.05) is 43.9 Å². The van der Waals surface area contributed by atoms with Crippen LogP contribution >= 0.6 is 7.82 Å². The first kappa shape index (κ1) is 85.3. The number of hydrogen-bond acceptors (Lipinski definition) is 20. The number of alkyl halides is 8. The highest BCUT2D eigenvalue weighted by Crippen LogP contribution is 2.47. The number of alkyl carbamates (subject to hydrolysis) is 2. The Morgan fingerprint density at radius 3 is 1.86 bits per heavy atom. The second kappa shape index (κ2) is 34.5. The molecule has 604 valence electrons. The number of methoxy groups -OCH3 is 2. The van der Waals surface area contributed by atoms with Crippen molar-refractivity contribution in [3.63, 3.8) is 0 Å². The van der Waals surface area contributed by atoms with Gasteiger partial charge in [0.25, 0.3) is 5.91 Å². The van der Waals surface area contributed by atoms with Crippen LogP contribution in [0.3, 0.4) is 0 Å². The molecular weight excluding hydrogens is 1510 g/mol. The number of amides is 5. The number of rotatable bonds is 29. The lowest BCUT2D eigenvalue weighted by molar-refractivity contribution is -0.221. The standard InChI is InChI=1S/C71H83F10N12O17P/c1-37-22-42(27-54(94)85-61-46(62(98)99)19-21-108-61)56(52(23-37)110-111(102,103)104)67(2,3)28-55(95)109-53(34-91(89-60(97)58(87-66(101)106-9)69(6,7)71(79,80)81)33-47-48(72)25-41(26-49(47)73)50-18-20-92(88-50)63(74)75)51(84-59(96)57(86-65(100)105-8)68(4,5)70(76,77)78)24-39-13-10-38(11-14-39)12-15-40-29-82-64(83-30-40)90-31-43-16-17-44(32-90)93(43)45-35-107-36-45/h10-11,13-14,18,20,22-23,25-26,29-30,43-46,51,53,57-58,61,63H,16-17,19,21,24,27-28,31-36H2,1-9H3,(H,84,96)(H,85,94)(H,86,100)(H,87,101)(H,89,97)(H,98,99)(H2,102,103,104)/t43?,44?,46-,51+,53+,57-,58-,61-/m1/s1. The van der Waals surface area contributed by atoms with Crippen molar-refractivity contribution in [3.8, 4) is 28.8 Å². The molecule has 4 aliphatic rings. The van der Waals surface area contributed by atoms with Crippen LogP contribution in [0.1, 0.15) is 113 Å². The van der Waals surface area contributed by atoms with Crippen LogP contribution in [0, 0.1) is 47.1 Å². The Labute approximate surface area is 629 Å². The van der Waals surface area contributed by atoms with E-state index >= 15 is 44.7 Å². The minimum absolute atomic E-state index is 0.00628. The molecule has 0 radical (unpaired) electrons. The number of esters is 1. The van der Waals surface area contributed by atoms with Gasteiger partial charge >= 0.3 is 50.8 Å². The molecule has 9 rings (SSSR count). The molecule has 0 saturated carbocycles. The van der Waals surface area contributed by atoms with E-state index in [-0.39, 0.29) is 40.0 Å². The number of benzene rings is 3. The highest BCUT2D eigenvalue weighted by Gasteiger charge is 2.58. The molecule has 8 atom stereocenters. The van der Waals surface area contributed by atoms with Gasteiger partial charge in [0.2, 0.25) is 17.8 Å². The van der Waals surface area contributed by atoms with E-state index in [0.29, 0.717) is 106 Å². The number of nitrogens with one attached hydrogen (secondary N) is 5. The lowest BCUT2D eigenvalue weighted by Gasteiger charge is -2.47. The molecule has 2 bridgehead atoms. The maximum Gasteiger partial charge on any atom is 0.524 e. The quantitative estimate of drug-likeness (QED) is 0.00564. The summed E-state index contributed by atoms with van der Waals surface area (Å²) in [6.45, 7) is 2.64. The van der Waals surface area contributed by atoms with Gasteiger partial charge < -0.3 is 59.5 Å². The van der Waals surface area contributed by atoms with Crippen molar-refractivity contribution in [3.05, 3.63) is 124 Å². The third-order valence-corrected chi connectivity index (χ3v) is 20.2. The van der Waals surface area contributed by atoms with E-state index in [1.165, 1.54) is 63.5 Å². The third kappa shape index (κ3) is 20.9. The van der Waals surface area contributed by atoms with Crippen LogP contribution in [-0.4, -0.2) is 201 Å². The fraction of sp³-hybridized carbons (Fsp3) is 0.521. The second-order valence-corrected chi connectivity index (χ2v) is 30.2. The molecular formula is C71H83F10N12O17P. The van der Waals surface area contributed by atoms with Crippen molar-refractivity contribution < 1.29 is 125 Å². The van der Waals surface area contributed by atoms with Crippen LogP contribution in [0.4, 0.5) is 59.4 Å². The number of nitrogens with zero attached hydrogens (tertiary/aromatic N) is 7. The number of anilines is 1. The van der Waals surface area contributed by atoms with Gasteiger partial charge in [0.05, 0.1) is 87.6 Å². The summed E-state index contributed by atoms with van der Waals surface area (Å²) in [5.74, 6) is -5.88. The van der Waals surface area contributed by atoms with Gasteiger partial charge in [-0.15, -0.1) is 0 Å². The summed E-state index contributed by atoms with van der Waals surface area (Å²) in [5.41, 5.74) is -7.91. The molecule has 4 aliphatic heterocycles. The smallest absolute Gasteiger partial charge is 0.481 e. The van der Waals surface area contributed by atoms with Gasteiger partial charge in [0.1, 0.15) is 47.7 Å². The zero-order valence-electron chi connectivity index (χ0n) is 61.3. The number of ether oxygens (including phenoxy) is 5. The Hall–Kier alpha value is -9.71. The summed E-state index contributed by atoms with van der Waals surface area (Å²) in [5, 5.41) is 22.3. The Morgan fingerprint density at radius 1 is 0.766 bits per heavy atom. The van der Waals surface area contributed by atoms with E-state index in [1.54, 1.807) is 5.32 Å². The lowest BCUT2D eigenvalue weighted by atomic mass is 9.77. The van der Waals surface area contributed by atoms with Gasteiger partial charge in [-0.25, -0.2) is 42.6 Å². The van der Waals surface area contributed by atoms with Crippen LogP contribution in [0.5, 0.6) is 5.75 Å². The normalized spacial score (nSPS) is 18.9. The summed E-state index contributed by atoms with van der Waals surface area (Å²) < 4.78 is 197. The van der Waals surface area contributed by atoms with Gasteiger partial charge in [-0.05, 0) is 113 Å². The van der Waals surface area contributed by atoms with Gasteiger partial charge in [-0.3, -0.25) is 44.1 Å². The number of aryl methyl sites for hydroxylation is 1. The van der Waals surface area contributed by atoms with Gasteiger partial charge in [0, 0.05) is 78.0 Å². The van der Waals surface area contributed by atoms with E-state index in [1.807, 2.05) is 5.32 Å². The number of halogens is 10. The zero-order valence-corrected chi connectivity index (χ0v) is 62.2. The molecule has 40 heteroatoms. The molecule has 4 saturated heterocycles. The minimum Gasteiger partial charge on any atom is -0.481 e. The van der Waals surface area contributed by atoms with Crippen LogP contribution < -0.4 is 36.1 Å². The number of hydrogen-bond donors (Lipinski definition) is 8. The van der Waals surface area contributed by atoms with Crippen LogP contribution in [-0.2, 0) is 77.0 Å². The first-order valence-corrected chi connectivity index (χ1v) is 36.1. The molecule has 5 amide bonds. The van der Waals surface area contributed by atoms with Crippen molar-refractivity contribution in [2.24, 2.45) is 16.7 Å². The third-order valence-electron chi connectivity index (χ3n) is 19.8. The molecule has 6 heterocycles. The van der Waals surface area contributed by atoms with Crippen molar-refractivity contribution in [1.82, 2.24) is 56.4 Å². The summed E-state index contributed by atoms with van der Waals surface area (Å²) in [6.07, 6.45) is -14.4. The number of hydrazine groups is 1. The number of carbonyl (C=O) groups is 7. The fourth-order valence-corrected chi connectivity index (χ4v) is 14.0. The predicted molar refractivity (Wildman–Crippen MR) is 370 cm³/mol. The molecule has 3 aromatic carbocycles.